The van der Waals surface area contributed by atoms with Crippen molar-refractivity contribution in [3.8, 4) is 0 Å². The zero-order valence-electron chi connectivity index (χ0n) is 8.36. The molecule has 0 bridgehead atoms. The molecule has 0 radical (unpaired) electrons. The van der Waals surface area contributed by atoms with Gasteiger partial charge in [0, 0.05) is 12.6 Å². The summed E-state index contributed by atoms with van der Waals surface area (Å²) in [6.07, 6.45) is 1.81. The molecule has 0 aromatic carbocycles. The molecule has 0 aromatic heterocycles. The fourth-order valence-electron chi connectivity index (χ4n) is 1.30. The zero-order valence-corrected chi connectivity index (χ0v) is 8.36. The van der Waals surface area contributed by atoms with Crippen molar-refractivity contribution in [3.63, 3.8) is 0 Å². The lowest BCUT2D eigenvalue weighted by molar-refractivity contribution is -0.145. The van der Waals surface area contributed by atoms with Crippen LogP contribution in [0.3, 0.4) is 0 Å². The number of rotatable bonds is 2. The first-order chi connectivity index (χ1) is 6.15. The molecular weight excluding hydrogens is 168 g/mol. The minimum atomic E-state index is -0.164. The molecule has 1 atom stereocenters. The predicted molar refractivity (Wildman–Crippen MR) is 50.7 cm³/mol. The Morgan fingerprint density at radius 1 is 1.69 bits per heavy atom. The Hall–Kier alpha value is -1.06. The van der Waals surface area contributed by atoms with Gasteiger partial charge in [0.15, 0.2) is 0 Å². The van der Waals surface area contributed by atoms with Gasteiger partial charge in [0.25, 0.3) is 0 Å². The normalized spacial score (nSPS) is 22.2. The van der Waals surface area contributed by atoms with Crippen molar-refractivity contribution in [1.29, 1.82) is 0 Å². The Kier molecular flexibility index (Phi) is 3.28. The Bertz CT molecular complexity index is 214. The third-order valence-corrected chi connectivity index (χ3v) is 2.18. The summed E-state index contributed by atoms with van der Waals surface area (Å²) in [4.78, 5) is 17.4. The third-order valence-electron chi connectivity index (χ3n) is 2.18. The van der Waals surface area contributed by atoms with E-state index in [1.165, 1.54) is 7.11 Å². The smallest absolute Gasteiger partial charge is 0.312 e. The highest BCUT2D eigenvalue weighted by Crippen LogP contribution is 2.10. The van der Waals surface area contributed by atoms with E-state index in [9.17, 15) is 4.79 Å². The molecular formula is C9H16N2O2. The van der Waals surface area contributed by atoms with Gasteiger partial charge in [-0.15, -0.1) is 0 Å². The van der Waals surface area contributed by atoms with Gasteiger partial charge in [0.2, 0.25) is 0 Å². The maximum Gasteiger partial charge on any atom is 0.312 e. The second kappa shape index (κ2) is 4.25. The van der Waals surface area contributed by atoms with Gasteiger partial charge in [0.1, 0.15) is 0 Å². The van der Waals surface area contributed by atoms with Crippen molar-refractivity contribution in [1.82, 2.24) is 4.90 Å². The second-order valence-corrected chi connectivity index (χ2v) is 3.49. The molecule has 1 unspecified atom stereocenters. The van der Waals surface area contributed by atoms with Gasteiger partial charge in [-0.25, -0.2) is 0 Å². The summed E-state index contributed by atoms with van der Waals surface area (Å²) >= 11 is 0. The predicted octanol–water partition coefficient (Wildman–Crippen LogP) is 0.528. The first kappa shape index (κ1) is 10.0. The van der Waals surface area contributed by atoms with Crippen LogP contribution in [-0.2, 0) is 9.53 Å². The molecule has 4 heteroatoms. The molecule has 1 rings (SSSR count). The van der Waals surface area contributed by atoms with E-state index in [1.54, 1.807) is 0 Å². The molecule has 1 heterocycles. The van der Waals surface area contributed by atoms with Crippen LogP contribution >= 0.6 is 0 Å². The van der Waals surface area contributed by atoms with E-state index in [2.05, 4.69) is 23.6 Å². The summed E-state index contributed by atoms with van der Waals surface area (Å²) in [5, 5.41) is 0. The summed E-state index contributed by atoms with van der Waals surface area (Å²) in [6.45, 7) is 5.42. The van der Waals surface area contributed by atoms with E-state index < -0.39 is 0 Å². The topological polar surface area (TPSA) is 41.9 Å². The van der Waals surface area contributed by atoms with Crippen LogP contribution in [0.15, 0.2) is 4.99 Å². The number of hydrogen-bond donors (Lipinski definition) is 0. The van der Waals surface area contributed by atoms with Crippen LogP contribution in [-0.4, -0.2) is 43.4 Å². The van der Waals surface area contributed by atoms with Crippen LogP contribution in [0.5, 0.6) is 0 Å². The minimum Gasteiger partial charge on any atom is -0.469 e. The van der Waals surface area contributed by atoms with Crippen molar-refractivity contribution in [2.24, 2.45) is 10.9 Å². The third kappa shape index (κ3) is 2.44. The number of esters is 1. The number of nitrogens with zero attached hydrogens (tertiary/aromatic N) is 2. The summed E-state index contributed by atoms with van der Waals surface area (Å²) in [7, 11) is 1.42. The number of hydrogen-bond acceptors (Lipinski definition) is 4. The number of carbonyl (C=O) groups excluding carboxylic acids is 1. The number of ether oxygens (including phenoxy) is 1. The van der Waals surface area contributed by atoms with Crippen molar-refractivity contribution < 1.29 is 9.53 Å². The number of aliphatic imine (C=N–C) groups is 1. The van der Waals surface area contributed by atoms with Crippen LogP contribution in [0.2, 0.25) is 0 Å². The standard InChI is InChI=1S/C9H16N2O2/c1-7(2)11-5-8(4-10-6-11)9(12)13-3/h6-8H,4-5H2,1-3H3. The monoisotopic (exact) mass is 184 g/mol. The average molecular weight is 184 g/mol. The Morgan fingerprint density at radius 2 is 2.38 bits per heavy atom. The van der Waals surface area contributed by atoms with Crippen LogP contribution < -0.4 is 0 Å². The molecule has 13 heavy (non-hydrogen) atoms. The molecule has 0 aromatic rings. The van der Waals surface area contributed by atoms with Crippen molar-refractivity contribution >= 4 is 12.3 Å². The Morgan fingerprint density at radius 3 is 2.92 bits per heavy atom. The molecule has 0 fully saturated rings. The highest BCUT2D eigenvalue weighted by atomic mass is 16.5. The first-order valence-electron chi connectivity index (χ1n) is 4.48. The fraction of sp³-hybridized carbons (Fsp3) is 0.778. The number of carbonyl (C=O) groups is 1. The molecule has 0 aliphatic carbocycles. The van der Waals surface area contributed by atoms with Crippen molar-refractivity contribution in [2.45, 2.75) is 19.9 Å². The molecule has 1 aliphatic heterocycles. The summed E-state index contributed by atoms with van der Waals surface area (Å²) < 4.78 is 4.68. The summed E-state index contributed by atoms with van der Waals surface area (Å²) in [5.41, 5.74) is 0. The van der Waals surface area contributed by atoms with E-state index in [0.717, 1.165) is 0 Å². The van der Waals surface area contributed by atoms with Gasteiger partial charge in [-0.3, -0.25) is 9.79 Å². The highest BCUT2D eigenvalue weighted by Gasteiger charge is 2.24. The minimum absolute atomic E-state index is 0.0996. The summed E-state index contributed by atoms with van der Waals surface area (Å²) in [6, 6.07) is 0.385. The lowest BCUT2D eigenvalue weighted by atomic mass is 10.1. The average Bonchev–Trinajstić information content (AvgIpc) is 2.17. The molecule has 0 saturated heterocycles. The van der Waals surface area contributed by atoms with Crippen molar-refractivity contribution in [2.75, 3.05) is 20.2 Å². The van der Waals surface area contributed by atoms with Crippen LogP contribution in [0.1, 0.15) is 13.8 Å². The second-order valence-electron chi connectivity index (χ2n) is 3.49. The molecule has 4 nitrogen and oxygen atoms in total. The Balaban J connectivity index is 2.55. The maximum atomic E-state index is 11.2. The lowest BCUT2D eigenvalue weighted by Crippen LogP contribution is -2.41. The lowest BCUT2D eigenvalue weighted by Gasteiger charge is -2.30. The SMILES string of the molecule is COC(=O)C1CN=CN(C(C)C)C1. The molecule has 0 N–H and O–H groups in total. The van der Waals surface area contributed by atoms with E-state index in [-0.39, 0.29) is 11.9 Å². The Labute approximate surface area is 78.6 Å². The van der Waals surface area contributed by atoms with E-state index >= 15 is 0 Å². The van der Waals surface area contributed by atoms with Gasteiger partial charge < -0.3 is 9.64 Å². The molecule has 0 saturated carbocycles. The van der Waals surface area contributed by atoms with Gasteiger partial charge in [0.05, 0.1) is 25.9 Å². The van der Waals surface area contributed by atoms with Gasteiger partial charge >= 0.3 is 5.97 Å². The maximum absolute atomic E-state index is 11.2. The molecule has 0 spiro atoms. The quantitative estimate of drug-likeness (QED) is 0.588. The van der Waals surface area contributed by atoms with Crippen LogP contribution in [0, 0.1) is 5.92 Å². The van der Waals surface area contributed by atoms with Crippen molar-refractivity contribution in [3.05, 3.63) is 0 Å². The van der Waals surface area contributed by atoms with Crippen LogP contribution in [0.25, 0.3) is 0 Å². The fourth-order valence-corrected chi connectivity index (χ4v) is 1.30. The summed E-state index contributed by atoms with van der Waals surface area (Å²) in [5.74, 6) is -0.264. The van der Waals surface area contributed by atoms with Gasteiger partial charge in [-0.05, 0) is 13.8 Å². The van der Waals surface area contributed by atoms with Crippen LogP contribution in [0.4, 0.5) is 0 Å². The van der Waals surface area contributed by atoms with E-state index in [1.807, 2.05) is 11.2 Å². The zero-order chi connectivity index (χ0) is 9.84. The molecule has 0 amide bonds. The van der Waals surface area contributed by atoms with E-state index in [4.69, 9.17) is 0 Å². The van der Waals surface area contributed by atoms with E-state index in [0.29, 0.717) is 19.1 Å². The molecule has 74 valence electrons. The largest absolute Gasteiger partial charge is 0.469 e. The number of methoxy groups -OCH3 is 1. The van der Waals surface area contributed by atoms with Gasteiger partial charge in [-0.1, -0.05) is 0 Å². The molecule has 1 aliphatic rings. The van der Waals surface area contributed by atoms with Gasteiger partial charge in [-0.2, -0.15) is 0 Å². The highest BCUT2D eigenvalue weighted by molar-refractivity contribution is 5.74. The first-order valence-corrected chi connectivity index (χ1v) is 4.48.